The van der Waals surface area contributed by atoms with Crippen molar-refractivity contribution < 1.29 is 14.3 Å². The number of nitrogens with zero attached hydrogens (tertiary/aromatic N) is 2. The number of methoxy groups -OCH3 is 1. The summed E-state index contributed by atoms with van der Waals surface area (Å²) >= 11 is 0. The molecule has 0 radical (unpaired) electrons. The molecule has 1 amide bonds. The smallest absolute Gasteiger partial charge is 0.410 e. The highest BCUT2D eigenvalue weighted by Crippen LogP contribution is 2.36. The van der Waals surface area contributed by atoms with Gasteiger partial charge in [-0.1, -0.05) is 19.1 Å². The lowest BCUT2D eigenvalue weighted by molar-refractivity contribution is 0.00545. The summed E-state index contributed by atoms with van der Waals surface area (Å²) in [5.74, 6) is 2.16. The van der Waals surface area contributed by atoms with Crippen LogP contribution in [0.2, 0.25) is 0 Å². The molecule has 2 N–H and O–H groups in total. The molecular weight excluding hydrogens is 404 g/mol. The number of nitrogens with one attached hydrogen (secondary N) is 2. The zero-order valence-electron chi connectivity index (χ0n) is 20.5. The first-order valence-corrected chi connectivity index (χ1v) is 11.8. The number of amides is 1. The summed E-state index contributed by atoms with van der Waals surface area (Å²) in [7, 11) is 3.50. The lowest BCUT2D eigenvalue weighted by Crippen LogP contribution is -2.55. The second-order valence-corrected chi connectivity index (χ2v) is 10.0. The molecule has 2 aliphatic rings. The van der Waals surface area contributed by atoms with E-state index in [-0.39, 0.29) is 18.2 Å². The van der Waals surface area contributed by atoms with E-state index in [4.69, 9.17) is 9.47 Å². The molecule has 3 unspecified atom stereocenters. The van der Waals surface area contributed by atoms with Crippen LogP contribution in [0, 0.1) is 0 Å². The van der Waals surface area contributed by atoms with Crippen LogP contribution >= 0.6 is 0 Å². The molecule has 32 heavy (non-hydrogen) atoms. The predicted octanol–water partition coefficient (Wildman–Crippen LogP) is 4.28. The standard InChI is InChI=1S/C25H40N4O3/c1-17(18-7-11-22(31-6)12-8-18)13-14-27-23(26-5)28-19-15-20-9-10-21(16-19)29(20)24(30)32-25(2,3)4/h7-8,11-12,17,19-21H,9-10,13-16H2,1-6H3,(H2,26,27,28). The highest BCUT2D eigenvalue weighted by atomic mass is 16.6. The molecule has 2 fully saturated rings. The van der Waals surface area contributed by atoms with Crippen molar-refractivity contribution in [1.82, 2.24) is 15.5 Å². The Labute approximate surface area is 192 Å². The first-order valence-electron chi connectivity index (χ1n) is 11.8. The van der Waals surface area contributed by atoms with E-state index in [1.165, 1.54) is 5.56 Å². The van der Waals surface area contributed by atoms with Gasteiger partial charge in [-0.05, 0) is 76.5 Å². The fourth-order valence-electron chi connectivity index (χ4n) is 4.80. The number of piperidine rings is 1. The van der Waals surface area contributed by atoms with Crippen molar-refractivity contribution in [3.05, 3.63) is 29.8 Å². The van der Waals surface area contributed by atoms with Gasteiger partial charge in [0.2, 0.25) is 0 Å². The Bertz CT molecular complexity index is 773. The van der Waals surface area contributed by atoms with Gasteiger partial charge in [0.1, 0.15) is 11.4 Å². The number of ether oxygens (including phenoxy) is 2. The topological polar surface area (TPSA) is 75.2 Å². The fourth-order valence-corrected chi connectivity index (χ4v) is 4.80. The van der Waals surface area contributed by atoms with Crippen LogP contribution in [0.25, 0.3) is 0 Å². The minimum Gasteiger partial charge on any atom is -0.497 e. The van der Waals surface area contributed by atoms with E-state index in [1.807, 2.05) is 44.9 Å². The third-order valence-corrected chi connectivity index (χ3v) is 6.46. The van der Waals surface area contributed by atoms with Gasteiger partial charge in [-0.15, -0.1) is 0 Å². The Balaban J connectivity index is 1.46. The number of guanidine groups is 1. The Kier molecular flexibility index (Phi) is 7.91. The van der Waals surface area contributed by atoms with Crippen LogP contribution in [-0.4, -0.2) is 61.4 Å². The Hall–Kier alpha value is -2.44. The van der Waals surface area contributed by atoms with E-state index in [0.29, 0.717) is 12.0 Å². The molecule has 0 saturated carbocycles. The predicted molar refractivity (Wildman–Crippen MR) is 128 cm³/mol. The molecule has 3 atom stereocenters. The van der Waals surface area contributed by atoms with Crippen LogP contribution in [0.4, 0.5) is 4.79 Å². The van der Waals surface area contributed by atoms with Gasteiger partial charge in [0.15, 0.2) is 5.96 Å². The number of fused-ring (bicyclic) bond motifs is 2. The lowest BCUT2D eigenvalue weighted by Gasteiger charge is -2.40. The summed E-state index contributed by atoms with van der Waals surface area (Å²) in [6.45, 7) is 8.85. The molecule has 1 aromatic carbocycles. The van der Waals surface area contributed by atoms with Gasteiger partial charge in [0.25, 0.3) is 0 Å². The first kappa shape index (κ1) is 24.2. The SMILES string of the molecule is CN=C(NCCC(C)c1ccc(OC)cc1)NC1CC2CCC(C1)N2C(=O)OC(C)(C)C. The average Bonchev–Trinajstić information content (AvgIpc) is 3.02. The van der Waals surface area contributed by atoms with Crippen molar-refractivity contribution in [1.29, 1.82) is 0 Å². The minimum atomic E-state index is -0.458. The van der Waals surface area contributed by atoms with Crippen molar-refractivity contribution in [2.75, 3.05) is 20.7 Å². The number of aliphatic imine (C=N–C) groups is 1. The molecule has 178 valence electrons. The second-order valence-electron chi connectivity index (χ2n) is 10.0. The summed E-state index contributed by atoms with van der Waals surface area (Å²) < 4.78 is 10.9. The zero-order chi connectivity index (χ0) is 23.3. The van der Waals surface area contributed by atoms with Crippen molar-refractivity contribution in [2.24, 2.45) is 4.99 Å². The average molecular weight is 445 g/mol. The van der Waals surface area contributed by atoms with Gasteiger partial charge in [0, 0.05) is 31.7 Å². The van der Waals surface area contributed by atoms with E-state index in [9.17, 15) is 4.79 Å². The third kappa shape index (κ3) is 6.30. The molecule has 2 heterocycles. The summed E-state index contributed by atoms with van der Waals surface area (Å²) in [4.78, 5) is 19.1. The molecule has 0 aromatic heterocycles. The van der Waals surface area contributed by atoms with Crippen molar-refractivity contribution >= 4 is 12.1 Å². The quantitative estimate of drug-likeness (QED) is 0.506. The summed E-state index contributed by atoms with van der Waals surface area (Å²) in [5, 5.41) is 7.05. The minimum absolute atomic E-state index is 0.168. The maximum Gasteiger partial charge on any atom is 0.410 e. The van der Waals surface area contributed by atoms with Gasteiger partial charge in [-0.25, -0.2) is 4.79 Å². The number of benzene rings is 1. The molecule has 7 nitrogen and oxygen atoms in total. The largest absolute Gasteiger partial charge is 0.497 e. The zero-order valence-corrected chi connectivity index (χ0v) is 20.5. The number of rotatable bonds is 6. The molecule has 0 aliphatic carbocycles. The molecule has 0 spiro atoms. The Morgan fingerprint density at radius 2 is 1.81 bits per heavy atom. The number of carbonyl (C=O) groups is 1. The summed E-state index contributed by atoms with van der Waals surface area (Å²) in [6, 6.07) is 9.09. The van der Waals surface area contributed by atoms with E-state index >= 15 is 0 Å². The molecule has 2 saturated heterocycles. The molecular formula is C25H40N4O3. The fraction of sp³-hybridized carbons (Fsp3) is 0.680. The van der Waals surface area contributed by atoms with E-state index in [1.54, 1.807) is 7.11 Å². The van der Waals surface area contributed by atoms with Crippen LogP contribution < -0.4 is 15.4 Å². The van der Waals surface area contributed by atoms with Crippen molar-refractivity contribution in [3.8, 4) is 5.75 Å². The van der Waals surface area contributed by atoms with Crippen LogP contribution in [0.15, 0.2) is 29.3 Å². The van der Waals surface area contributed by atoms with Gasteiger partial charge < -0.3 is 25.0 Å². The van der Waals surface area contributed by atoms with E-state index in [2.05, 4.69) is 34.7 Å². The second kappa shape index (κ2) is 10.5. The van der Waals surface area contributed by atoms with E-state index < -0.39 is 5.60 Å². The maximum atomic E-state index is 12.7. The summed E-state index contributed by atoms with van der Waals surface area (Å²) in [5.41, 5.74) is 0.849. The molecule has 2 aliphatic heterocycles. The Morgan fingerprint density at radius 1 is 1.19 bits per heavy atom. The first-order chi connectivity index (χ1) is 15.2. The maximum absolute atomic E-state index is 12.7. The van der Waals surface area contributed by atoms with Crippen LogP contribution in [0.1, 0.15) is 71.3 Å². The van der Waals surface area contributed by atoms with Gasteiger partial charge in [-0.3, -0.25) is 4.99 Å². The van der Waals surface area contributed by atoms with Crippen molar-refractivity contribution in [2.45, 2.75) is 89.4 Å². The highest BCUT2D eigenvalue weighted by Gasteiger charge is 2.45. The molecule has 3 rings (SSSR count). The Morgan fingerprint density at radius 3 is 2.34 bits per heavy atom. The highest BCUT2D eigenvalue weighted by molar-refractivity contribution is 5.80. The number of carbonyl (C=O) groups excluding carboxylic acids is 1. The van der Waals surface area contributed by atoms with Gasteiger partial charge in [-0.2, -0.15) is 0 Å². The molecule has 7 heteroatoms. The number of hydrogen-bond acceptors (Lipinski definition) is 4. The van der Waals surface area contributed by atoms with Gasteiger partial charge >= 0.3 is 6.09 Å². The monoisotopic (exact) mass is 444 g/mol. The molecule has 2 bridgehead atoms. The molecule has 1 aromatic rings. The van der Waals surface area contributed by atoms with Crippen molar-refractivity contribution in [3.63, 3.8) is 0 Å². The normalized spacial score (nSPS) is 24.1. The third-order valence-electron chi connectivity index (χ3n) is 6.46. The number of hydrogen-bond donors (Lipinski definition) is 2. The summed E-state index contributed by atoms with van der Waals surface area (Å²) in [6.07, 6.45) is 4.80. The van der Waals surface area contributed by atoms with E-state index in [0.717, 1.165) is 50.4 Å². The van der Waals surface area contributed by atoms with Crippen LogP contribution in [-0.2, 0) is 4.74 Å². The van der Waals surface area contributed by atoms with Crippen LogP contribution in [0.3, 0.4) is 0 Å². The van der Waals surface area contributed by atoms with Gasteiger partial charge in [0.05, 0.1) is 7.11 Å². The van der Waals surface area contributed by atoms with Crippen LogP contribution in [0.5, 0.6) is 5.75 Å². The lowest BCUT2D eigenvalue weighted by atomic mass is 9.97.